The molecule has 0 aliphatic heterocycles. The molecule has 0 N–H and O–H groups in total. The van der Waals surface area contributed by atoms with Crippen LogP contribution in [0.25, 0.3) is 0 Å². The minimum atomic E-state index is -0.153. The van der Waals surface area contributed by atoms with Gasteiger partial charge >= 0.3 is 0 Å². The fraction of sp³-hybridized carbons (Fsp3) is 0.750. The Morgan fingerprint density at radius 3 is 2.29 bits per heavy atom. The first-order chi connectivity index (χ1) is 3.18. The lowest BCUT2D eigenvalue weighted by Crippen LogP contribution is -2.08. The van der Waals surface area contributed by atoms with E-state index in [1.807, 2.05) is 0 Å². The number of hydrogen-bond donors (Lipinski definition) is 0. The molecule has 0 aromatic heterocycles. The van der Waals surface area contributed by atoms with Crippen LogP contribution in [0.15, 0.2) is 0 Å². The van der Waals surface area contributed by atoms with Crippen molar-refractivity contribution in [2.45, 2.75) is 12.3 Å². The molecule has 0 saturated heterocycles. The fourth-order valence-electron chi connectivity index (χ4n) is 0.162. The minimum Gasteiger partial charge on any atom is -0.489 e. The summed E-state index contributed by atoms with van der Waals surface area (Å²) in [6.45, 7) is 1.77. The molecular formula is C4H7ClOS. The van der Waals surface area contributed by atoms with Gasteiger partial charge in [0.1, 0.15) is 0 Å². The highest BCUT2D eigenvalue weighted by Crippen LogP contribution is 1.96. The van der Waals surface area contributed by atoms with Gasteiger partial charge in [-0.25, -0.2) is 0 Å². The van der Waals surface area contributed by atoms with Crippen LogP contribution in [-0.2, 0) is 4.74 Å². The van der Waals surface area contributed by atoms with Gasteiger partial charge in [0.25, 0.3) is 0 Å². The van der Waals surface area contributed by atoms with Gasteiger partial charge in [0.2, 0.25) is 0 Å². The Labute approximate surface area is 53.6 Å². The van der Waals surface area contributed by atoms with E-state index in [9.17, 15) is 0 Å². The van der Waals surface area contributed by atoms with Crippen LogP contribution in [0, 0.1) is 0 Å². The van der Waals surface area contributed by atoms with Gasteiger partial charge in [-0.3, -0.25) is 0 Å². The summed E-state index contributed by atoms with van der Waals surface area (Å²) in [5.41, 5.74) is 0. The van der Waals surface area contributed by atoms with Gasteiger partial charge in [0.05, 0.1) is 12.5 Å². The van der Waals surface area contributed by atoms with Gasteiger partial charge in [0, 0.05) is 0 Å². The predicted octanol–water partition coefficient (Wildman–Crippen LogP) is 1.59. The van der Waals surface area contributed by atoms with Crippen molar-refractivity contribution in [3.8, 4) is 0 Å². The molecule has 1 nitrogen and oxygen atoms in total. The van der Waals surface area contributed by atoms with Crippen LogP contribution in [0.3, 0.4) is 0 Å². The molecule has 0 bridgehead atoms. The monoisotopic (exact) mass is 138 g/mol. The fourth-order valence-corrected chi connectivity index (χ4v) is 0.251. The number of thiocarbonyl (C=S) groups is 1. The lowest BCUT2D eigenvalue weighted by atomic mass is 10.5. The number of rotatable bonds is 1. The third kappa shape index (κ3) is 2.83. The van der Waals surface area contributed by atoms with Crippen molar-refractivity contribution in [2.24, 2.45) is 0 Å². The number of methoxy groups -OCH3 is 1. The first-order valence-corrected chi connectivity index (χ1v) is 2.75. The third-order valence-electron chi connectivity index (χ3n) is 0.526. The van der Waals surface area contributed by atoms with Crippen molar-refractivity contribution < 1.29 is 4.74 Å². The van der Waals surface area contributed by atoms with Gasteiger partial charge in [-0.2, -0.15) is 0 Å². The van der Waals surface area contributed by atoms with Gasteiger partial charge in [0.15, 0.2) is 5.05 Å². The summed E-state index contributed by atoms with van der Waals surface area (Å²) < 4.78 is 4.61. The van der Waals surface area contributed by atoms with E-state index in [2.05, 4.69) is 17.0 Å². The van der Waals surface area contributed by atoms with Gasteiger partial charge in [-0.1, -0.05) is 0 Å². The molecule has 0 aromatic rings. The van der Waals surface area contributed by atoms with Crippen LogP contribution in [0.5, 0.6) is 0 Å². The summed E-state index contributed by atoms with van der Waals surface area (Å²) in [5, 5.41) is 0.293. The Morgan fingerprint density at radius 2 is 2.29 bits per heavy atom. The normalized spacial score (nSPS) is 13.0. The van der Waals surface area contributed by atoms with Crippen LogP contribution in [0.2, 0.25) is 0 Å². The molecular weight excluding hydrogens is 132 g/mol. The van der Waals surface area contributed by atoms with E-state index in [4.69, 9.17) is 11.6 Å². The molecule has 0 radical (unpaired) electrons. The molecule has 42 valence electrons. The summed E-state index contributed by atoms with van der Waals surface area (Å²) in [5.74, 6) is 0. The SMILES string of the molecule is COC(=S)C(C)Cl. The van der Waals surface area contributed by atoms with Crippen LogP contribution < -0.4 is 0 Å². The summed E-state index contributed by atoms with van der Waals surface area (Å²) in [6.07, 6.45) is 0. The van der Waals surface area contributed by atoms with E-state index < -0.39 is 0 Å². The van der Waals surface area contributed by atoms with Crippen molar-refractivity contribution in [3.63, 3.8) is 0 Å². The van der Waals surface area contributed by atoms with E-state index in [1.165, 1.54) is 7.11 Å². The molecule has 0 aliphatic rings. The number of hydrogen-bond acceptors (Lipinski definition) is 2. The second-order valence-electron chi connectivity index (χ2n) is 1.14. The molecule has 0 saturated carbocycles. The molecule has 3 heteroatoms. The Balaban J connectivity index is 3.35. The average molecular weight is 139 g/mol. The third-order valence-corrected chi connectivity index (χ3v) is 1.37. The van der Waals surface area contributed by atoms with Crippen LogP contribution >= 0.6 is 23.8 Å². The van der Waals surface area contributed by atoms with Crippen molar-refractivity contribution >= 4 is 28.9 Å². The molecule has 7 heavy (non-hydrogen) atoms. The zero-order chi connectivity index (χ0) is 5.86. The second-order valence-corrected chi connectivity index (χ2v) is 2.20. The molecule has 0 rings (SSSR count). The zero-order valence-electron chi connectivity index (χ0n) is 4.27. The highest BCUT2D eigenvalue weighted by molar-refractivity contribution is 7.80. The smallest absolute Gasteiger partial charge is 0.176 e. The minimum absolute atomic E-state index is 0.153. The summed E-state index contributed by atoms with van der Waals surface area (Å²) in [6, 6.07) is 0. The zero-order valence-corrected chi connectivity index (χ0v) is 5.84. The Hall–Kier alpha value is 0.180. The Kier molecular flexibility index (Phi) is 3.30. The van der Waals surface area contributed by atoms with Gasteiger partial charge in [-0.15, -0.1) is 11.6 Å². The second kappa shape index (κ2) is 3.22. The lowest BCUT2D eigenvalue weighted by Gasteiger charge is -2.00. The van der Waals surface area contributed by atoms with E-state index in [-0.39, 0.29) is 5.38 Å². The van der Waals surface area contributed by atoms with Crippen molar-refractivity contribution in [1.29, 1.82) is 0 Å². The lowest BCUT2D eigenvalue weighted by molar-refractivity contribution is 0.405. The van der Waals surface area contributed by atoms with Gasteiger partial charge < -0.3 is 4.74 Å². The Morgan fingerprint density at radius 1 is 1.86 bits per heavy atom. The van der Waals surface area contributed by atoms with E-state index >= 15 is 0 Å². The molecule has 0 heterocycles. The number of halogens is 1. The molecule has 0 aliphatic carbocycles. The highest BCUT2D eigenvalue weighted by Gasteiger charge is 2.00. The average Bonchev–Trinajstić information content (AvgIpc) is 1.65. The van der Waals surface area contributed by atoms with Gasteiger partial charge in [-0.05, 0) is 19.1 Å². The molecule has 0 aromatic carbocycles. The highest BCUT2D eigenvalue weighted by atomic mass is 35.5. The largest absolute Gasteiger partial charge is 0.489 e. The summed E-state index contributed by atoms with van der Waals surface area (Å²) >= 11 is 10.1. The molecule has 0 amide bonds. The number of ether oxygens (including phenoxy) is 1. The maximum atomic E-state index is 5.46. The predicted molar refractivity (Wildman–Crippen MR) is 34.9 cm³/mol. The first kappa shape index (κ1) is 7.18. The molecule has 0 spiro atoms. The standard InChI is InChI=1S/C4H7ClOS/c1-3(5)4(7)6-2/h3H,1-2H3. The van der Waals surface area contributed by atoms with Crippen LogP contribution in [0.4, 0.5) is 0 Å². The van der Waals surface area contributed by atoms with Crippen molar-refractivity contribution in [3.05, 3.63) is 0 Å². The Bertz CT molecular complexity index is 72.1. The van der Waals surface area contributed by atoms with E-state index in [1.54, 1.807) is 6.92 Å². The van der Waals surface area contributed by atoms with Crippen molar-refractivity contribution in [2.75, 3.05) is 7.11 Å². The molecule has 1 atom stereocenters. The van der Waals surface area contributed by atoms with Crippen LogP contribution in [0.1, 0.15) is 6.92 Å². The summed E-state index contributed by atoms with van der Waals surface area (Å²) in [7, 11) is 1.52. The molecule has 0 fully saturated rings. The summed E-state index contributed by atoms with van der Waals surface area (Å²) in [4.78, 5) is 0. The first-order valence-electron chi connectivity index (χ1n) is 1.90. The number of alkyl halides is 1. The maximum Gasteiger partial charge on any atom is 0.176 e. The van der Waals surface area contributed by atoms with E-state index in [0.717, 1.165) is 0 Å². The van der Waals surface area contributed by atoms with Crippen molar-refractivity contribution in [1.82, 2.24) is 0 Å². The maximum absolute atomic E-state index is 5.46. The quantitative estimate of drug-likeness (QED) is 0.402. The topological polar surface area (TPSA) is 9.23 Å². The van der Waals surface area contributed by atoms with E-state index in [0.29, 0.717) is 5.05 Å². The van der Waals surface area contributed by atoms with Crippen LogP contribution in [-0.4, -0.2) is 17.5 Å². The molecule has 1 unspecified atom stereocenters.